The summed E-state index contributed by atoms with van der Waals surface area (Å²) in [7, 11) is 0. The Balaban J connectivity index is 1.95. The van der Waals surface area contributed by atoms with Crippen molar-refractivity contribution in [1.82, 2.24) is 14.5 Å². The fourth-order valence-corrected chi connectivity index (χ4v) is 3.68. The van der Waals surface area contributed by atoms with E-state index >= 15 is 0 Å². The second-order valence-corrected chi connectivity index (χ2v) is 7.32. The molecule has 0 bridgehead atoms. The number of ether oxygens (including phenoxy) is 2. The molecule has 2 aromatic heterocycles. The molecule has 1 saturated heterocycles. The Morgan fingerprint density at radius 1 is 1.54 bits per heavy atom. The monoisotopic (exact) mass is 469 g/mol. The fourth-order valence-electron chi connectivity index (χ4n) is 2.49. The topological polar surface area (TPSA) is 86.5 Å². The van der Waals surface area contributed by atoms with Crippen LogP contribution in [0.3, 0.4) is 0 Å². The van der Waals surface area contributed by atoms with Crippen LogP contribution in [0, 0.1) is 3.57 Å². The third-order valence-corrected chi connectivity index (χ3v) is 4.77. The molecule has 1 aliphatic rings. The van der Waals surface area contributed by atoms with Crippen molar-refractivity contribution in [1.29, 1.82) is 0 Å². The number of Topliss-reactive ketones (excluding diaryl/α,β-unsaturated/α-hetero) is 1. The lowest BCUT2D eigenvalue weighted by atomic mass is 10.1. The van der Waals surface area contributed by atoms with Crippen LogP contribution in [0.1, 0.15) is 20.1 Å². The molecule has 3 atom stereocenters. The maximum Gasteiger partial charge on any atom is 0.206 e. The second-order valence-electron chi connectivity index (χ2n) is 5.80. The largest absolute Gasteiger partial charge is 0.385 e. The van der Waals surface area contributed by atoms with Crippen LogP contribution in [0.25, 0.3) is 11.0 Å². The van der Waals surface area contributed by atoms with Gasteiger partial charge in [-0.3, -0.25) is 9.36 Å². The highest BCUT2D eigenvalue weighted by Crippen LogP contribution is 2.33. The first-order valence-corrected chi connectivity index (χ1v) is 8.50. The Morgan fingerprint density at radius 2 is 2.25 bits per heavy atom. The quantitative estimate of drug-likeness (QED) is 0.548. The van der Waals surface area contributed by atoms with E-state index in [-0.39, 0.29) is 17.4 Å². The maximum absolute atomic E-state index is 14.9. The van der Waals surface area contributed by atoms with E-state index in [9.17, 15) is 14.3 Å². The molecule has 0 unspecified atom stereocenters. The van der Waals surface area contributed by atoms with Crippen LogP contribution in [-0.2, 0) is 14.3 Å². The molecule has 0 amide bonds. The summed E-state index contributed by atoms with van der Waals surface area (Å²) in [6, 6.07) is 0. The number of hydrogen-bond acceptors (Lipinski definition) is 6. The molecule has 0 radical (unpaired) electrons. The van der Waals surface area contributed by atoms with Crippen molar-refractivity contribution in [2.45, 2.75) is 38.1 Å². The summed E-state index contributed by atoms with van der Waals surface area (Å²) >= 11 is 7.99. The third kappa shape index (κ3) is 3.15. The van der Waals surface area contributed by atoms with E-state index < -0.39 is 30.1 Å². The summed E-state index contributed by atoms with van der Waals surface area (Å²) in [6.07, 6.45) is -2.36. The zero-order chi connectivity index (χ0) is 17.6. The van der Waals surface area contributed by atoms with Crippen LogP contribution in [0.4, 0.5) is 4.39 Å². The van der Waals surface area contributed by atoms with E-state index in [1.54, 1.807) is 13.8 Å². The van der Waals surface area contributed by atoms with Gasteiger partial charge in [-0.25, -0.2) is 14.4 Å². The summed E-state index contributed by atoms with van der Waals surface area (Å²) in [5, 5.41) is 11.0. The Kier molecular flexibility index (Phi) is 4.82. The molecule has 7 nitrogen and oxygen atoms in total. The predicted molar refractivity (Wildman–Crippen MR) is 91.3 cm³/mol. The number of aliphatic hydroxyl groups excluding tert-OH is 1. The van der Waals surface area contributed by atoms with E-state index in [1.807, 2.05) is 22.6 Å². The second kappa shape index (κ2) is 6.45. The number of aliphatic hydroxyl groups is 1. The van der Waals surface area contributed by atoms with Gasteiger partial charge in [-0.15, -0.1) is 0 Å². The van der Waals surface area contributed by atoms with Gasteiger partial charge in [0.25, 0.3) is 0 Å². The maximum atomic E-state index is 14.9. The van der Waals surface area contributed by atoms with Crippen molar-refractivity contribution in [3.8, 4) is 0 Å². The number of ketones is 1. The highest BCUT2D eigenvalue weighted by molar-refractivity contribution is 14.1. The first-order valence-electron chi connectivity index (χ1n) is 7.04. The third-order valence-electron chi connectivity index (χ3n) is 3.66. The summed E-state index contributed by atoms with van der Waals surface area (Å²) in [5.41, 5.74) is 0.227. The lowest BCUT2D eigenvalue weighted by molar-refractivity contribution is -0.276. The minimum absolute atomic E-state index is 0.185. The van der Waals surface area contributed by atoms with E-state index in [0.717, 1.165) is 4.57 Å². The van der Waals surface area contributed by atoms with Crippen LogP contribution >= 0.6 is 34.2 Å². The van der Waals surface area contributed by atoms with Crippen molar-refractivity contribution in [3.05, 3.63) is 21.2 Å². The Hall–Kier alpha value is -0.880. The first kappa shape index (κ1) is 17.9. The number of hydrogen-bond donors (Lipinski definition) is 1. The molecule has 24 heavy (non-hydrogen) atoms. The molecular weight excluding hydrogens is 456 g/mol. The number of carbonyl (C=O) groups is 1. The van der Waals surface area contributed by atoms with Gasteiger partial charge in [0, 0.05) is 9.77 Å². The molecule has 0 aromatic carbocycles. The van der Waals surface area contributed by atoms with Gasteiger partial charge in [0.2, 0.25) is 6.30 Å². The zero-order valence-electron chi connectivity index (χ0n) is 12.7. The minimum atomic E-state index is -1.95. The number of nitrogens with zero attached hydrogens (tertiary/aromatic N) is 3. The van der Waals surface area contributed by atoms with Gasteiger partial charge in [0.05, 0.1) is 5.39 Å². The first-order chi connectivity index (χ1) is 11.2. The molecule has 10 heteroatoms. The van der Waals surface area contributed by atoms with E-state index in [1.165, 1.54) is 12.5 Å². The van der Waals surface area contributed by atoms with Crippen LogP contribution < -0.4 is 0 Å². The average molecular weight is 470 g/mol. The number of aromatic nitrogens is 3. The van der Waals surface area contributed by atoms with Crippen LogP contribution in [0.15, 0.2) is 12.5 Å². The summed E-state index contributed by atoms with van der Waals surface area (Å²) < 4.78 is 27.3. The van der Waals surface area contributed by atoms with Gasteiger partial charge in [0.15, 0.2) is 17.7 Å². The standard InChI is InChI=1S/C14H14ClFIN3O4/c1-14(2)23-4-7(21)10(24-14)9(22)12(16)20-3-6(17)8-11(15)18-5-19-13(8)20/h3,5,9-10,12,22H,4H2,1-2H3/t9-,10-,12-/m0/s1. The van der Waals surface area contributed by atoms with Crippen molar-refractivity contribution < 1.29 is 23.8 Å². The predicted octanol–water partition coefficient (Wildman–Crippen LogP) is 2.24. The molecular formula is C14H14ClFIN3O4. The van der Waals surface area contributed by atoms with Crippen molar-refractivity contribution in [2.75, 3.05) is 6.61 Å². The van der Waals surface area contributed by atoms with E-state index in [2.05, 4.69) is 9.97 Å². The van der Waals surface area contributed by atoms with Gasteiger partial charge >= 0.3 is 0 Å². The van der Waals surface area contributed by atoms with Gasteiger partial charge in [-0.1, -0.05) is 11.6 Å². The lowest BCUT2D eigenvalue weighted by Crippen LogP contribution is -2.52. The summed E-state index contributed by atoms with van der Waals surface area (Å²) in [4.78, 5) is 19.8. The number of carbonyl (C=O) groups excluding carboxylic acids is 1. The van der Waals surface area contributed by atoms with E-state index in [0.29, 0.717) is 8.96 Å². The normalized spacial score (nSPS) is 23.4. The van der Waals surface area contributed by atoms with Crippen LogP contribution in [0.2, 0.25) is 5.15 Å². The SMILES string of the molecule is CC1(C)OCC(=O)[C@@H]([C@H](O)[C@@H](F)n2cc(I)c3c(Cl)ncnc32)O1. The zero-order valence-corrected chi connectivity index (χ0v) is 15.7. The number of fused-ring (bicyclic) bond motifs is 1. The van der Waals surface area contributed by atoms with Crippen molar-refractivity contribution >= 4 is 51.0 Å². The van der Waals surface area contributed by atoms with Crippen molar-refractivity contribution in [2.24, 2.45) is 0 Å². The van der Waals surface area contributed by atoms with Gasteiger partial charge in [-0.2, -0.15) is 0 Å². The molecule has 0 saturated carbocycles. The number of rotatable bonds is 3. The molecule has 130 valence electrons. The van der Waals surface area contributed by atoms with Gasteiger partial charge in [0.1, 0.15) is 29.8 Å². The Labute approximate surface area is 155 Å². The molecule has 0 aliphatic carbocycles. The summed E-state index contributed by atoms with van der Waals surface area (Å²) in [6.45, 7) is 2.93. The molecule has 1 aliphatic heterocycles. The summed E-state index contributed by atoms with van der Waals surface area (Å²) in [5.74, 6) is -1.61. The molecule has 3 heterocycles. The van der Waals surface area contributed by atoms with Gasteiger partial charge in [-0.05, 0) is 36.4 Å². The average Bonchev–Trinajstić information content (AvgIpc) is 2.86. The Bertz CT molecular complexity index is 800. The number of halogens is 3. The van der Waals surface area contributed by atoms with Crippen molar-refractivity contribution in [3.63, 3.8) is 0 Å². The molecule has 1 fully saturated rings. The lowest BCUT2D eigenvalue weighted by Gasteiger charge is -2.37. The molecule has 1 N–H and O–H groups in total. The molecule has 3 rings (SSSR count). The van der Waals surface area contributed by atoms with Crippen LogP contribution in [0.5, 0.6) is 0 Å². The highest BCUT2D eigenvalue weighted by Gasteiger charge is 2.43. The molecule has 0 spiro atoms. The molecule has 2 aromatic rings. The smallest absolute Gasteiger partial charge is 0.206 e. The minimum Gasteiger partial charge on any atom is -0.385 e. The Morgan fingerprint density at radius 3 is 2.96 bits per heavy atom. The fraction of sp³-hybridized carbons (Fsp3) is 0.500. The highest BCUT2D eigenvalue weighted by atomic mass is 127. The van der Waals surface area contributed by atoms with E-state index in [4.69, 9.17) is 21.1 Å². The number of alkyl halides is 1. The van der Waals surface area contributed by atoms with Gasteiger partial charge < -0.3 is 14.6 Å². The van der Waals surface area contributed by atoms with Crippen LogP contribution in [-0.4, -0.2) is 50.0 Å².